The molecule has 2 unspecified atom stereocenters. The summed E-state index contributed by atoms with van der Waals surface area (Å²) in [6.07, 6.45) is 9.97. The number of likely N-dealkylation sites (tertiary alicyclic amines) is 1. The van der Waals surface area contributed by atoms with Gasteiger partial charge in [-0.15, -0.1) is 21.5 Å². The highest BCUT2D eigenvalue weighted by Crippen LogP contribution is 2.37. The molecule has 1 amide bonds. The van der Waals surface area contributed by atoms with E-state index >= 15 is 0 Å². The third-order valence-electron chi connectivity index (χ3n) is 6.14. The maximum absolute atomic E-state index is 12.8. The molecule has 28 heavy (non-hydrogen) atoms. The van der Waals surface area contributed by atoms with E-state index in [9.17, 15) is 4.79 Å². The van der Waals surface area contributed by atoms with Gasteiger partial charge in [-0.25, -0.2) is 4.98 Å². The Morgan fingerprint density at radius 3 is 2.79 bits per heavy atom. The van der Waals surface area contributed by atoms with Gasteiger partial charge < -0.3 is 4.90 Å². The predicted octanol–water partition coefficient (Wildman–Crippen LogP) is 4.10. The van der Waals surface area contributed by atoms with E-state index in [1.54, 1.807) is 11.3 Å². The van der Waals surface area contributed by atoms with Crippen molar-refractivity contribution in [2.24, 2.45) is 0 Å². The molecule has 0 N–H and O–H groups in total. The number of amides is 1. The number of carbonyl (C=O) groups is 1. The lowest BCUT2D eigenvalue weighted by atomic mass is 9.97. The van der Waals surface area contributed by atoms with Gasteiger partial charge in [-0.2, -0.15) is 0 Å². The maximum Gasteiger partial charge on any atom is 0.233 e. The lowest BCUT2D eigenvalue weighted by Gasteiger charge is -2.39. The molecule has 3 aromatic heterocycles. The van der Waals surface area contributed by atoms with Crippen molar-refractivity contribution in [1.29, 1.82) is 0 Å². The molecule has 0 spiro atoms. The van der Waals surface area contributed by atoms with Crippen LogP contribution in [0.4, 0.5) is 0 Å². The maximum atomic E-state index is 12.8. The van der Waals surface area contributed by atoms with Crippen LogP contribution < -0.4 is 0 Å². The molecule has 1 aliphatic heterocycles. The molecule has 0 aromatic carbocycles. The van der Waals surface area contributed by atoms with E-state index in [0.29, 0.717) is 17.8 Å². The third-order valence-corrected chi connectivity index (χ3v) is 8.27. The zero-order chi connectivity index (χ0) is 19.3. The van der Waals surface area contributed by atoms with Gasteiger partial charge in [0.1, 0.15) is 11.2 Å². The molecule has 3 aromatic rings. The van der Waals surface area contributed by atoms with E-state index in [1.807, 2.05) is 10.7 Å². The molecule has 2 aliphatic rings. The molecule has 1 fully saturated rings. The summed E-state index contributed by atoms with van der Waals surface area (Å²) in [6.45, 7) is 4.32. The van der Waals surface area contributed by atoms with Gasteiger partial charge in [0.2, 0.25) is 5.91 Å². The summed E-state index contributed by atoms with van der Waals surface area (Å²) >= 11 is 3.27. The van der Waals surface area contributed by atoms with Crippen LogP contribution in [0.1, 0.15) is 56.4 Å². The second-order valence-electron chi connectivity index (χ2n) is 8.03. The summed E-state index contributed by atoms with van der Waals surface area (Å²) in [4.78, 5) is 22.1. The molecule has 1 saturated heterocycles. The first-order valence-corrected chi connectivity index (χ1v) is 12.0. The summed E-state index contributed by atoms with van der Waals surface area (Å²) in [5, 5.41) is 10.8. The molecule has 0 bridgehead atoms. The lowest BCUT2D eigenvalue weighted by Crippen LogP contribution is -2.48. The fourth-order valence-electron chi connectivity index (χ4n) is 4.75. The zero-order valence-corrected chi connectivity index (χ0v) is 18.0. The average molecular weight is 416 g/mol. The molecule has 1 aliphatic carbocycles. The molecular weight excluding hydrogens is 390 g/mol. The van der Waals surface area contributed by atoms with Crippen LogP contribution in [0.3, 0.4) is 0 Å². The number of piperidine rings is 1. The largest absolute Gasteiger partial charge is 0.337 e. The number of fused-ring (bicyclic) bond motifs is 5. The number of hydrogen-bond acceptors (Lipinski definition) is 6. The molecule has 6 nitrogen and oxygen atoms in total. The topological polar surface area (TPSA) is 63.4 Å². The highest BCUT2D eigenvalue weighted by atomic mass is 32.2. The van der Waals surface area contributed by atoms with E-state index in [1.165, 1.54) is 46.9 Å². The summed E-state index contributed by atoms with van der Waals surface area (Å²) in [5.74, 6) is 0.596. The number of rotatable bonds is 3. The Balaban J connectivity index is 1.42. The number of nitrogens with zero attached hydrogens (tertiary/aromatic N) is 5. The summed E-state index contributed by atoms with van der Waals surface area (Å²) in [6, 6.07) is 0.649. The number of hydrogen-bond donors (Lipinski definition) is 0. The smallest absolute Gasteiger partial charge is 0.233 e. The van der Waals surface area contributed by atoms with Crippen molar-refractivity contribution in [3.05, 3.63) is 16.8 Å². The van der Waals surface area contributed by atoms with Crippen LogP contribution >= 0.6 is 23.1 Å². The molecular formula is C20H25N5OS2. The number of thiophene rings is 1. The molecule has 148 valence electrons. The number of aromatic nitrogens is 4. The minimum Gasteiger partial charge on any atom is -0.337 e. The minimum atomic E-state index is 0.198. The average Bonchev–Trinajstić information content (AvgIpc) is 3.26. The third kappa shape index (κ3) is 3.01. The van der Waals surface area contributed by atoms with Crippen molar-refractivity contribution in [3.63, 3.8) is 0 Å². The van der Waals surface area contributed by atoms with Crippen molar-refractivity contribution in [3.8, 4) is 0 Å². The number of aryl methyl sites for hydroxylation is 2. The van der Waals surface area contributed by atoms with Crippen molar-refractivity contribution in [1.82, 2.24) is 24.5 Å². The SMILES string of the molecule is CC1CCCC(C)N1C(=O)CSc1nnc2c3c4c(sc3ncn12)CCCC4. The quantitative estimate of drug-likeness (QED) is 0.603. The molecule has 2 atom stereocenters. The fraction of sp³-hybridized carbons (Fsp3) is 0.600. The van der Waals surface area contributed by atoms with Crippen LogP contribution in [0.25, 0.3) is 15.9 Å². The van der Waals surface area contributed by atoms with Gasteiger partial charge in [-0.05, 0) is 64.4 Å². The lowest BCUT2D eigenvalue weighted by molar-refractivity contribution is -0.134. The molecule has 8 heteroatoms. The Hall–Kier alpha value is -1.67. The Bertz CT molecular complexity index is 1030. The first-order chi connectivity index (χ1) is 13.6. The van der Waals surface area contributed by atoms with Crippen LogP contribution in [0, 0.1) is 0 Å². The van der Waals surface area contributed by atoms with E-state index in [2.05, 4.69) is 33.9 Å². The second kappa shape index (κ2) is 7.30. The second-order valence-corrected chi connectivity index (χ2v) is 10.1. The summed E-state index contributed by atoms with van der Waals surface area (Å²) < 4.78 is 1.96. The predicted molar refractivity (Wildman–Crippen MR) is 113 cm³/mol. The van der Waals surface area contributed by atoms with Crippen LogP contribution in [0.15, 0.2) is 11.5 Å². The Kier molecular flexibility index (Phi) is 4.79. The minimum absolute atomic E-state index is 0.198. The molecule has 4 heterocycles. The van der Waals surface area contributed by atoms with E-state index in [-0.39, 0.29) is 5.91 Å². The first kappa shape index (κ1) is 18.4. The van der Waals surface area contributed by atoms with E-state index in [4.69, 9.17) is 0 Å². The Morgan fingerprint density at radius 1 is 1.18 bits per heavy atom. The molecule has 0 saturated carbocycles. The van der Waals surface area contributed by atoms with Crippen molar-refractivity contribution < 1.29 is 4.79 Å². The molecule has 5 rings (SSSR count). The zero-order valence-electron chi connectivity index (χ0n) is 16.3. The molecule has 0 radical (unpaired) electrons. The van der Waals surface area contributed by atoms with Gasteiger partial charge in [-0.3, -0.25) is 9.20 Å². The standard InChI is InChI=1S/C20H25N5OS2/c1-12-6-5-7-13(2)25(12)16(26)10-27-20-23-22-18-17-14-8-3-4-9-15(14)28-19(17)21-11-24(18)20/h11-13H,3-10H2,1-2H3. The highest BCUT2D eigenvalue weighted by Gasteiger charge is 2.29. The Labute approximate surface area is 172 Å². The van der Waals surface area contributed by atoms with Gasteiger partial charge in [0.05, 0.1) is 11.1 Å². The van der Waals surface area contributed by atoms with Crippen molar-refractivity contribution >= 4 is 44.9 Å². The van der Waals surface area contributed by atoms with Crippen LogP contribution in [-0.2, 0) is 17.6 Å². The normalized spacial score (nSPS) is 22.7. The van der Waals surface area contributed by atoms with Crippen LogP contribution in [0.2, 0.25) is 0 Å². The highest BCUT2D eigenvalue weighted by molar-refractivity contribution is 7.99. The van der Waals surface area contributed by atoms with Gasteiger partial charge in [0.15, 0.2) is 10.8 Å². The first-order valence-electron chi connectivity index (χ1n) is 10.2. The van der Waals surface area contributed by atoms with Crippen LogP contribution in [0.5, 0.6) is 0 Å². The van der Waals surface area contributed by atoms with E-state index < -0.39 is 0 Å². The van der Waals surface area contributed by atoms with Crippen LogP contribution in [-0.4, -0.2) is 48.2 Å². The van der Waals surface area contributed by atoms with E-state index in [0.717, 1.165) is 41.3 Å². The van der Waals surface area contributed by atoms with Gasteiger partial charge in [-0.1, -0.05) is 11.8 Å². The van der Waals surface area contributed by atoms with Gasteiger partial charge >= 0.3 is 0 Å². The number of carbonyl (C=O) groups excluding carboxylic acids is 1. The summed E-state index contributed by atoms with van der Waals surface area (Å²) in [5.41, 5.74) is 2.31. The monoisotopic (exact) mass is 415 g/mol. The van der Waals surface area contributed by atoms with Gasteiger partial charge in [0, 0.05) is 17.0 Å². The van der Waals surface area contributed by atoms with Crippen molar-refractivity contribution in [2.75, 3.05) is 5.75 Å². The van der Waals surface area contributed by atoms with Gasteiger partial charge in [0.25, 0.3) is 0 Å². The fourth-order valence-corrected chi connectivity index (χ4v) is 6.74. The number of thioether (sulfide) groups is 1. The van der Waals surface area contributed by atoms with Crippen molar-refractivity contribution in [2.45, 2.75) is 76.0 Å². The Morgan fingerprint density at radius 2 is 1.96 bits per heavy atom. The summed E-state index contributed by atoms with van der Waals surface area (Å²) in [7, 11) is 0.